The molecule has 8 heteroatoms. The van der Waals surface area contributed by atoms with Gasteiger partial charge in [-0.05, 0) is 35.4 Å². The number of aromatic nitrogens is 2. The van der Waals surface area contributed by atoms with Crippen molar-refractivity contribution in [2.24, 2.45) is 0 Å². The standard InChI is InChI=1S/C23H18ClFN4OS/c1-14(16-10-11-19(20(25)12-16)15-6-3-2-4-7-15)21-28-29-23(31-21)27-22(30)26-18-9-5-8-17(24)13-18/h2-14H,1H3,(H2,26,27,29,30). The Kier molecular flexibility index (Phi) is 6.25. The lowest BCUT2D eigenvalue weighted by atomic mass is 9.97. The Hall–Kier alpha value is -3.29. The van der Waals surface area contributed by atoms with E-state index in [-0.39, 0.29) is 11.7 Å². The molecule has 1 atom stereocenters. The zero-order chi connectivity index (χ0) is 21.8. The number of rotatable bonds is 5. The third-order valence-corrected chi connectivity index (χ3v) is 5.95. The van der Waals surface area contributed by atoms with Crippen molar-refractivity contribution < 1.29 is 9.18 Å². The molecule has 0 saturated carbocycles. The molecular formula is C23H18ClFN4OS. The molecule has 0 fully saturated rings. The first-order valence-electron chi connectivity index (χ1n) is 9.51. The lowest BCUT2D eigenvalue weighted by Crippen LogP contribution is -2.19. The Bertz CT molecular complexity index is 1220. The van der Waals surface area contributed by atoms with Crippen molar-refractivity contribution in [3.8, 4) is 11.1 Å². The number of hydrogen-bond donors (Lipinski definition) is 2. The fraction of sp³-hybridized carbons (Fsp3) is 0.0870. The largest absolute Gasteiger partial charge is 0.325 e. The summed E-state index contributed by atoms with van der Waals surface area (Å²) in [7, 11) is 0. The molecule has 2 N–H and O–H groups in total. The van der Waals surface area contributed by atoms with Crippen LogP contribution in [-0.4, -0.2) is 16.2 Å². The number of anilines is 2. The van der Waals surface area contributed by atoms with Crippen LogP contribution < -0.4 is 10.6 Å². The van der Waals surface area contributed by atoms with E-state index in [0.29, 0.717) is 26.4 Å². The van der Waals surface area contributed by atoms with Gasteiger partial charge in [-0.25, -0.2) is 9.18 Å². The molecule has 2 amide bonds. The summed E-state index contributed by atoms with van der Waals surface area (Å²) < 4.78 is 14.7. The summed E-state index contributed by atoms with van der Waals surface area (Å²) in [5.41, 5.74) is 2.72. The van der Waals surface area contributed by atoms with Crippen LogP contribution in [0.2, 0.25) is 5.02 Å². The highest BCUT2D eigenvalue weighted by Gasteiger charge is 2.17. The van der Waals surface area contributed by atoms with Gasteiger partial charge in [0.2, 0.25) is 5.13 Å². The third kappa shape index (κ3) is 5.07. The maximum absolute atomic E-state index is 14.7. The van der Waals surface area contributed by atoms with E-state index in [2.05, 4.69) is 20.8 Å². The summed E-state index contributed by atoms with van der Waals surface area (Å²) >= 11 is 7.16. The van der Waals surface area contributed by atoms with Gasteiger partial charge < -0.3 is 5.32 Å². The van der Waals surface area contributed by atoms with Crippen molar-refractivity contribution in [3.05, 3.63) is 94.2 Å². The Balaban J connectivity index is 1.45. The maximum atomic E-state index is 14.7. The van der Waals surface area contributed by atoms with Crippen LogP contribution in [0.15, 0.2) is 72.8 Å². The fourth-order valence-corrected chi connectivity index (χ4v) is 4.09. The minimum Gasteiger partial charge on any atom is -0.308 e. The van der Waals surface area contributed by atoms with Crippen LogP contribution in [0.4, 0.5) is 20.0 Å². The smallest absolute Gasteiger partial charge is 0.308 e. The van der Waals surface area contributed by atoms with Crippen LogP contribution in [0.1, 0.15) is 23.4 Å². The Morgan fingerprint density at radius 2 is 1.81 bits per heavy atom. The molecule has 3 aromatic carbocycles. The maximum Gasteiger partial charge on any atom is 0.325 e. The number of amides is 2. The molecule has 0 aliphatic heterocycles. The normalized spacial score (nSPS) is 11.7. The topological polar surface area (TPSA) is 66.9 Å². The number of halogens is 2. The highest BCUT2D eigenvalue weighted by Crippen LogP contribution is 2.32. The number of benzene rings is 3. The first-order valence-corrected chi connectivity index (χ1v) is 10.7. The van der Waals surface area contributed by atoms with Gasteiger partial charge in [-0.2, -0.15) is 0 Å². The molecule has 1 unspecified atom stereocenters. The van der Waals surface area contributed by atoms with Crippen molar-refractivity contribution >= 4 is 39.8 Å². The van der Waals surface area contributed by atoms with Crippen LogP contribution >= 0.6 is 22.9 Å². The fourth-order valence-electron chi connectivity index (χ4n) is 3.08. The lowest BCUT2D eigenvalue weighted by molar-refractivity contribution is 0.262. The van der Waals surface area contributed by atoms with Crippen LogP contribution in [0.5, 0.6) is 0 Å². The number of nitrogens with zero attached hydrogens (tertiary/aromatic N) is 2. The molecule has 5 nitrogen and oxygen atoms in total. The van der Waals surface area contributed by atoms with E-state index in [1.807, 2.05) is 43.3 Å². The SMILES string of the molecule is CC(c1ccc(-c2ccccc2)c(F)c1)c1nnc(NC(=O)Nc2cccc(Cl)c2)s1. The van der Waals surface area contributed by atoms with Crippen molar-refractivity contribution in [3.63, 3.8) is 0 Å². The Morgan fingerprint density at radius 1 is 1.00 bits per heavy atom. The Morgan fingerprint density at radius 3 is 2.55 bits per heavy atom. The molecule has 1 heterocycles. The van der Waals surface area contributed by atoms with E-state index in [1.165, 1.54) is 17.4 Å². The zero-order valence-corrected chi connectivity index (χ0v) is 18.0. The second-order valence-electron chi connectivity index (χ2n) is 6.86. The van der Waals surface area contributed by atoms with Gasteiger partial charge in [0.15, 0.2) is 0 Å². The highest BCUT2D eigenvalue weighted by atomic mass is 35.5. The highest BCUT2D eigenvalue weighted by molar-refractivity contribution is 7.15. The van der Waals surface area contributed by atoms with E-state index < -0.39 is 6.03 Å². The van der Waals surface area contributed by atoms with E-state index in [1.54, 1.807) is 30.3 Å². The molecule has 156 valence electrons. The van der Waals surface area contributed by atoms with E-state index in [0.717, 1.165) is 11.1 Å². The van der Waals surface area contributed by atoms with Crippen molar-refractivity contribution in [2.75, 3.05) is 10.6 Å². The molecule has 0 spiro atoms. The van der Waals surface area contributed by atoms with Crippen molar-refractivity contribution in [1.82, 2.24) is 10.2 Å². The van der Waals surface area contributed by atoms with Crippen LogP contribution in [-0.2, 0) is 0 Å². The van der Waals surface area contributed by atoms with Gasteiger partial charge in [-0.15, -0.1) is 10.2 Å². The average molecular weight is 453 g/mol. The summed E-state index contributed by atoms with van der Waals surface area (Å²) in [4.78, 5) is 12.2. The minimum atomic E-state index is -0.448. The molecule has 0 aliphatic carbocycles. The predicted octanol–water partition coefficient (Wildman–Crippen LogP) is 6.79. The predicted molar refractivity (Wildman–Crippen MR) is 123 cm³/mol. The average Bonchev–Trinajstić information content (AvgIpc) is 3.22. The summed E-state index contributed by atoms with van der Waals surface area (Å²) in [5, 5.41) is 15.1. The first kappa shape index (κ1) is 21.0. The molecule has 0 aliphatic rings. The second kappa shape index (κ2) is 9.24. The first-order chi connectivity index (χ1) is 15.0. The molecule has 0 saturated heterocycles. The quantitative estimate of drug-likeness (QED) is 0.350. The van der Waals surface area contributed by atoms with E-state index >= 15 is 0 Å². The minimum absolute atomic E-state index is 0.177. The number of carbonyl (C=O) groups is 1. The van der Waals surface area contributed by atoms with Gasteiger partial charge in [-0.3, -0.25) is 5.32 Å². The molecule has 31 heavy (non-hydrogen) atoms. The zero-order valence-electron chi connectivity index (χ0n) is 16.5. The van der Waals surface area contributed by atoms with Crippen LogP contribution in [0.25, 0.3) is 11.1 Å². The van der Waals surface area contributed by atoms with Gasteiger partial charge in [0, 0.05) is 22.2 Å². The number of urea groups is 1. The number of hydrogen-bond acceptors (Lipinski definition) is 4. The van der Waals surface area contributed by atoms with Gasteiger partial charge in [0.25, 0.3) is 0 Å². The molecule has 0 radical (unpaired) electrons. The van der Waals surface area contributed by atoms with Gasteiger partial charge in [0.05, 0.1) is 0 Å². The molecular weight excluding hydrogens is 435 g/mol. The summed E-state index contributed by atoms with van der Waals surface area (Å²) in [6, 6.07) is 21.0. The molecule has 0 bridgehead atoms. The van der Waals surface area contributed by atoms with Gasteiger partial charge in [-0.1, -0.05) is 78.4 Å². The lowest BCUT2D eigenvalue weighted by Gasteiger charge is -2.11. The summed E-state index contributed by atoms with van der Waals surface area (Å²) in [5.74, 6) is -0.470. The van der Waals surface area contributed by atoms with E-state index in [9.17, 15) is 9.18 Å². The van der Waals surface area contributed by atoms with Gasteiger partial charge >= 0.3 is 6.03 Å². The van der Waals surface area contributed by atoms with Crippen LogP contribution in [0.3, 0.4) is 0 Å². The summed E-state index contributed by atoms with van der Waals surface area (Å²) in [6.07, 6.45) is 0. The van der Waals surface area contributed by atoms with Crippen LogP contribution in [0, 0.1) is 5.82 Å². The molecule has 4 rings (SSSR count). The van der Waals surface area contributed by atoms with E-state index in [4.69, 9.17) is 11.6 Å². The summed E-state index contributed by atoms with van der Waals surface area (Å²) in [6.45, 7) is 1.92. The van der Waals surface area contributed by atoms with Crippen molar-refractivity contribution in [1.29, 1.82) is 0 Å². The Labute approximate surface area is 187 Å². The van der Waals surface area contributed by atoms with Crippen molar-refractivity contribution in [2.45, 2.75) is 12.8 Å². The second-order valence-corrected chi connectivity index (χ2v) is 8.31. The number of carbonyl (C=O) groups excluding carboxylic acids is 1. The third-order valence-electron chi connectivity index (χ3n) is 4.69. The molecule has 4 aromatic rings. The monoisotopic (exact) mass is 452 g/mol. The molecule has 1 aromatic heterocycles. The number of nitrogens with one attached hydrogen (secondary N) is 2. The van der Waals surface area contributed by atoms with Gasteiger partial charge in [0.1, 0.15) is 10.8 Å².